The van der Waals surface area contributed by atoms with Gasteiger partial charge in [-0.15, -0.1) is 6.58 Å². The molecule has 0 atom stereocenters. The van der Waals surface area contributed by atoms with Gasteiger partial charge in [-0.1, -0.05) is 23.5 Å². The highest BCUT2D eigenvalue weighted by Gasteiger charge is 2.17. The molecule has 2 aromatic carbocycles. The molecule has 0 saturated carbocycles. The molecule has 0 aliphatic rings. The fourth-order valence-electron chi connectivity index (χ4n) is 2.76. The van der Waals surface area contributed by atoms with Gasteiger partial charge in [-0.25, -0.2) is 0 Å². The van der Waals surface area contributed by atoms with E-state index in [9.17, 15) is 14.9 Å². The largest absolute Gasteiger partial charge is 0.493 e. The molecule has 3 aromatic rings. The Kier molecular flexibility index (Phi) is 5.55. The van der Waals surface area contributed by atoms with Gasteiger partial charge in [0.1, 0.15) is 0 Å². The number of fused-ring (bicyclic) bond motifs is 1. The van der Waals surface area contributed by atoms with Crippen molar-refractivity contribution < 1.29 is 19.2 Å². The third kappa shape index (κ3) is 3.52. The van der Waals surface area contributed by atoms with Crippen molar-refractivity contribution in [3.8, 4) is 11.5 Å². The Hall–Kier alpha value is -3.46. The summed E-state index contributed by atoms with van der Waals surface area (Å²) in [5.74, 6) is 0.217. The van der Waals surface area contributed by atoms with Crippen LogP contribution in [0.1, 0.15) is 10.4 Å². The van der Waals surface area contributed by atoms with Crippen LogP contribution in [0.4, 0.5) is 5.69 Å². The Balaban J connectivity index is 2.19. The number of nitro groups is 1. The fraction of sp³-hybridized carbons (Fsp3) is 0.158. The second-order valence-electron chi connectivity index (χ2n) is 5.65. The summed E-state index contributed by atoms with van der Waals surface area (Å²) in [6, 6.07) is 9.50. The van der Waals surface area contributed by atoms with E-state index in [0.717, 1.165) is 4.70 Å². The highest BCUT2D eigenvalue weighted by molar-refractivity contribution is 7.16. The minimum absolute atomic E-state index is 0.0320. The second kappa shape index (κ2) is 8.05. The maximum Gasteiger partial charge on any atom is 0.283 e. The first-order valence-electron chi connectivity index (χ1n) is 8.19. The fourth-order valence-corrected chi connectivity index (χ4v) is 3.78. The third-order valence-electron chi connectivity index (χ3n) is 4.02. The van der Waals surface area contributed by atoms with E-state index in [4.69, 9.17) is 9.47 Å². The normalized spacial score (nSPS) is 11.4. The number of aromatic nitrogens is 1. The first kappa shape index (κ1) is 19.3. The summed E-state index contributed by atoms with van der Waals surface area (Å²) in [5, 5.41) is 11.1. The lowest BCUT2D eigenvalue weighted by Crippen LogP contribution is -2.16. The van der Waals surface area contributed by atoms with Crippen molar-refractivity contribution in [3.05, 3.63) is 69.5 Å². The van der Waals surface area contributed by atoms with Crippen molar-refractivity contribution >= 4 is 33.1 Å². The van der Waals surface area contributed by atoms with E-state index in [1.54, 1.807) is 34.9 Å². The van der Waals surface area contributed by atoms with Crippen LogP contribution in [-0.2, 0) is 6.54 Å². The van der Waals surface area contributed by atoms with Crippen LogP contribution in [-0.4, -0.2) is 29.6 Å². The van der Waals surface area contributed by atoms with Crippen molar-refractivity contribution in [1.29, 1.82) is 0 Å². The lowest BCUT2D eigenvalue weighted by Gasteiger charge is -2.09. The van der Waals surface area contributed by atoms with E-state index in [1.807, 2.05) is 0 Å². The number of ether oxygens (including phenoxy) is 2. The zero-order chi connectivity index (χ0) is 20.3. The molecule has 3 rings (SSSR count). The number of methoxy groups -OCH3 is 2. The molecule has 9 heteroatoms. The van der Waals surface area contributed by atoms with Gasteiger partial charge >= 0.3 is 0 Å². The minimum atomic E-state index is -0.505. The van der Waals surface area contributed by atoms with Crippen molar-refractivity contribution in [2.45, 2.75) is 6.54 Å². The molecule has 8 nitrogen and oxygen atoms in total. The number of carbonyl (C=O) groups excluding carboxylic acids is 1. The van der Waals surface area contributed by atoms with Gasteiger partial charge in [0.05, 0.1) is 34.9 Å². The number of thiazole rings is 1. The lowest BCUT2D eigenvalue weighted by molar-refractivity contribution is -0.384. The molecule has 0 aliphatic heterocycles. The third-order valence-corrected chi connectivity index (χ3v) is 5.08. The minimum Gasteiger partial charge on any atom is -0.493 e. The van der Waals surface area contributed by atoms with Crippen LogP contribution in [0.3, 0.4) is 0 Å². The van der Waals surface area contributed by atoms with Crippen molar-refractivity contribution in [3.63, 3.8) is 0 Å². The molecule has 28 heavy (non-hydrogen) atoms. The molecule has 1 amide bonds. The summed E-state index contributed by atoms with van der Waals surface area (Å²) in [6.45, 7) is 4.06. The maximum absolute atomic E-state index is 12.8. The Morgan fingerprint density at radius 2 is 2.11 bits per heavy atom. The van der Waals surface area contributed by atoms with E-state index < -0.39 is 10.8 Å². The molecule has 0 saturated heterocycles. The number of hydrogen-bond donors (Lipinski definition) is 0. The van der Waals surface area contributed by atoms with Gasteiger partial charge in [0.25, 0.3) is 11.6 Å². The summed E-state index contributed by atoms with van der Waals surface area (Å²) in [4.78, 5) is 28.1. The smallest absolute Gasteiger partial charge is 0.283 e. The zero-order valence-electron chi connectivity index (χ0n) is 15.2. The Morgan fingerprint density at radius 3 is 2.75 bits per heavy atom. The van der Waals surface area contributed by atoms with Crippen LogP contribution >= 0.6 is 11.3 Å². The van der Waals surface area contributed by atoms with Gasteiger partial charge in [0, 0.05) is 18.7 Å². The standard InChI is InChI=1S/C19H17N3O5S/c1-4-10-21-14-11-12(22(24)25)8-9-16(14)28-19(21)20-18(23)13-6-5-7-15(26-2)17(13)27-3/h4-9,11H,1,10H2,2-3H3. The van der Waals surface area contributed by atoms with E-state index in [2.05, 4.69) is 11.6 Å². The van der Waals surface area contributed by atoms with Gasteiger partial charge in [0.2, 0.25) is 0 Å². The van der Waals surface area contributed by atoms with Crippen LogP contribution in [0.2, 0.25) is 0 Å². The molecule has 0 radical (unpaired) electrons. The quantitative estimate of drug-likeness (QED) is 0.359. The maximum atomic E-state index is 12.8. The second-order valence-corrected chi connectivity index (χ2v) is 6.66. The topological polar surface area (TPSA) is 96.0 Å². The molecule has 1 heterocycles. The highest BCUT2D eigenvalue weighted by atomic mass is 32.1. The van der Waals surface area contributed by atoms with Gasteiger partial charge in [0.15, 0.2) is 16.3 Å². The van der Waals surface area contributed by atoms with Gasteiger partial charge in [-0.3, -0.25) is 14.9 Å². The average Bonchev–Trinajstić information content (AvgIpc) is 3.03. The summed E-state index contributed by atoms with van der Waals surface area (Å²) in [7, 11) is 2.94. The van der Waals surface area contributed by atoms with E-state index in [1.165, 1.54) is 37.7 Å². The summed E-state index contributed by atoms with van der Waals surface area (Å²) in [5.41, 5.74) is 0.842. The van der Waals surface area contributed by atoms with Crippen LogP contribution in [0.15, 0.2) is 54.0 Å². The first-order valence-corrected chi connectivity index (χ1v) is 9.00. The van der Waals surface area contributed by atoms with Crippen LogP contribution < -0.4 is 14.3 Å². The van der Waals surface area contributed by atoms with Crippen LogP contribution in [0.25, 0.3) is 10.2 Å². The number of allylic oxidation sites excluding steroid dienone is 1. The number of rotatable bonds is 6. The highest BCUT2D eigenvalue weighted by Crippen LogP contribution is 2.31. The Labute approximate surface area is 164 Å². The van der Waals surface area contributed by atoms with Gasteiger partial charge in [-0.05, 0) is 18.2 Å². The molecular weight excluding hydrogens is 382 g/mol. The van der Waals surface area contributed by atoms with Crippen molar-refractivity contribution in [2.24, 2.45) is 4.99 Å². The SMILES string of the molecule is C=CCn1c(=NC(=O)c2cccc(OC)c2OC)sc2ccc([N+](=O)[O-])cc21. The average molecular weight is 399 g/mol. The van der Waals surface area contributed by atoms with Gasteiger partial charge < -0.3 is 14.0 Å². The Bertz CT molecular complexity index is 1150. The predicted molar refractivity (Wildman–Crippen MR) is 106 cm³/mol. The Morgan fingerprint density at radius 1 is 1.32 bits per heavy atom. The van der Waals surface area contributed by atoms with Crippen LogP contribution in [0, 0.1) is 10.1 Å². The molecule has 0 unspecified atom stereocenters. The number of nitro benzene ring substituents is 1. The van der Waals surface area contributed by atoms with E-state index >= 15 is 0 Å². The molecule has 144 valence electrons. The molecule has 0 spiro atoms. The summed E-state index contributed by atoms with van der Waals surface area (Å²) >= 11 is 1.26. The van der Waals surface area contributed by atoms with E-state index in [0.29, 0.717) is 28.4 Å². The van der Waals surface area contributed by atoms with Gasteiger partial charge in [-0.2, -0.15) is 4.99 Å². The zero-order valence-corrected chi connectivity index (χ0v) is 16.1. The lowest BCUT2D eigenvalue weighted by atomic mass is 10.2. The number of benzene rings is 2. The molecule has 1 aromatic heterocycles. The number of non-ortho nitro benzene ring substituents is 1. The molecule has 0 N–H and O–H groups in total. The van der Waals surface area contributed by atoms with Crippen molar-refractivity contribution in [1.82, 2.24) is 4.57 Å². The molecule has 0 fully saturated rings. The first-order chi connectivity index (χ1) is 13.5. The number of carbonyl (C=O) groups is 1. The number of amides is 1. The molecular formula is C19H17N3O5S. The number of nitrogens with zero attached hydrogens (tertiary/aromatic N) is 3. The van der Waals surface area contributed by atoms with Crippen LogP contribution in [0.5, 0.6) is 11.5 Å². The van der Waals surface area contributed by atoms with Crippen molar-refractivity contribution in [2.75, 3.05) is 14.2 Å². The summed E-state index contributed by atoms with van der Waals surface area (Å²) < 4.78 is 13.0. The number of para-hydroxylation sites is 1. The monoisotopic (exact) mass is 399 g/mol. The summed E-state index contributed by atoms with van der Waals surface area (Å²) in [6.07, 6.45) is 1.64. The molecule has 0 aliphatic carbocycles. The molecule has 0 bridgehead atoms. The predicted octanol–water partition coefficient (Wildman–Crippen LogP) is 3.56. The number of hydrogen-bond acceptors (Lipinski definition) is 6. The van der Waals surface area contributed by atoms with E-state index in [-0.39, 0.29) is 11.3 Å².